The average molecular weight is 643 g/mol. The number of fused-ring (bicyclic) bond motifs is 8. The van der Waals surface area contributed by atoms with E-state index in [9.17, 15) is 28.8 Å². The van der Waals surface area contributed by atoms with Crippen LogP contribution in [-0.2, 0) is 9.47 Å². The Morgan fingerprint density at radius 3 is 1.08 bits per heavy atom. The van der Waals surface area contributed by atoms with Gasteiger partial charge in [0, 0.05) is 32.3 Å². The van der Waals surface area contributed by atoms with Gasteiger partial charge in [-0.3, -0.25) is 19.2 Å². The highest BCUT2D eigenvalue weighted by molar-refractivity contribution is 6.20. The van der Waals surface area contributed by atoms with E-state index in [0.717, 1.165) is 9.13 Å². The Morgan fingerprint density at radius 1 is 0.458 bits per heavy atom. The summed E-state index contributed by atoms with van der Waals surface area (Å²) in [6.07, 6.45) is -1.87. The van der Waals surface area contributed by atoms with Gasteiger partial charge in [-0.2, -0.15) is 0 Å². The Balaban J connectivity index is 1.86. The molecule has 0 atom stereocenters. The zero-order valence-corrected chi connectivity index (χ0v) is 27.1. The molecule has 0 N–H and O–H groups in total. The zero-order valence-electron chi connectivity index (χ0n) is 27.1. The average Bonchev–Trinajstić information content (AvgIpc) is 3.02. The Kier molecular flexibility index (Phi) is 6.60. The number of benzene rings is 6. The summed E-state index contributed by atoms with van der Waals surface area (Å²) < 4.78 is 13.9. The molecule has 0 saturated heterocycles. The largest absolute Gasteiger partial charge is 0.443 e. The maximum absolute atomic E-state index is 14.3. The van der Waals surface area contributed by atoms with Gasteiger partial charge in [-0.25, -0.2) is 18.7 Å². The monoisotopic (exact) mass is 642 g/mol. The van der Waals surface area contributed by atoms with Crippen molar-refractivity contribution >= 4 is 77.3 Å². The van der Waals surface area contributed by atoms with Crippen LogP contribution in [0.2, 0.25) is 0 Å². The van der Waals surface area contributed by atoms with E-state index in [0.29, 0.717) is 0 Å². The van der Waals surface area contributed by atoms with Crippen LogP contribution in [0.4, 0.5) is 9.59 Å². The van der Waals surface area contributed by atoms with Gasteiger partial charge in [0.25, 0.3) is 0 Å². The van der Waals surface area contributed by atoms with Crippen molar-refractivity contribution in [1.82, 2.24) is 9.13 Å². The summed E-state index contributed by atoms with van der Waals surface area (Å²) in [7, 11) is 0. The molecule has 240 valence electrons. The van der Waals surface area contributed by atoms with Gasteiger partial charge in [0.2, 0.25) is 0 Å². The van der Waals surface area contributed by atoms with Gasteiger partial charge in [0.1, 0.15) is 11.2 Å². The SMILES string of the molecule is CC(C)(C)OC(=O)n1c2ccc3c(=O)c4ccccc4c(=O)c3c2n(C(=O)OC(C)(C)C)c2ccc3c(=O)c4ccccc4c(=O)c3c21. The van der Waals surface area contributed by atoms with E-state index in [1.54, 1.807) is 77.9 Å². The van der Waals surface area contributed by atoms with Crippen molar-refractivity contribution < 1.29 is 19.1 Å². The highest BCUT2D eigenvalue weighted by Gasteiger charge is 2.30. The van der Waals surface area contributed by atoms with Crippen LogP contribution < -0.4 is 21.7 Å². The fraction of sp³-hybridized carbons (Fsp3) is 0.211. The van der Waals surface area contributed by atoms with Crippen molar-refractivity contribution in [3.8, 4) is 0 Å². The molecule has 0 amide bonds. The van der Waals surface area contributed by atoms with E-state index in [2.05, 4.69) is 0 Å². The van der Waals surface area contributed by atoms with Crippen LogP contribution in [0.15, 0.2) is 92.0 Å². The smallest absolute Gasteiger partial charge is 0.419 e. The standard InChI is InChI=1S/C38H30N2O8/c1-37(2,3)47-35(45)39-25-17-15-24-28(34(44)22-14-10-8-12-20(22)32(24)42)30(25)40(36(46)48-38(4,5)6)26-18-16-23-27(29(26)39)33(43)21-13-9-7-11-19(21)31(23)41/h7-18H,1-6H3. The number of hydrogen-bond donors (Lipinski definition) is 0. The molecular formula is C38H30N2O8. The van der Waals surface area contributed by atoms with E-state index in [4.69, 9.17) is 9.47 Å². The summed E-state index contributed by atoms with van der Waals surface area (Å²) in [5.41, 5.74) is -4.23. The molecule has 10 nitrogen and oxygen atoms in total. The predicted molar refractivity (Wildman–Crippen MR) is 187 cm³/mol. The lowest BCUT2D eigenvalue weighted by Crippen LogP contribution is -2.32. The minimum Gasteiger partial charge on any atom is -0.443 e. The first-order valence-corrected chi connectivity index (χ1v) is 15.4. The van der Waals surface area contributed by atoms with Crippen LogP contribution in [-0.4, -0.2) is 32.5 Å². The third-order valence-corrected chi connectivity index (χ3v) is 8.17. The second kappa shape index (κ2) is 10.3. The van der Waals surface area contributed by atoms with Gasteiger partial charge in [-0.1, -0.05) is 48.5 Å². The van der Waals surface area contributed by atoms with Crippen molar-refractivity contribution in [3.05, 3.63) is 114 Å². The van der Waals surface area contributed by atoms with E-state index < -0.39 is 45.1 Å². The molecule has 0 aliphatic carbocycles. The molecular weight excluding hydrogens is 612 g/mol. The van der Waals surface area contributed by atoms with Crippen LogP contribution in [0.1, 0.15) is 41.5 Å². The van der Waals surface area contributed by atoms with Crippen molar-refractivity contribution in [3.63, 3.8) is 0 Å². The van der Waals surface area contributed by atoms with Crippen LogP contribution in [0.5, 0.6) is 0 Å². The fourth-order valence-corrected chi connectivity index (χ4v) is 6.37. The van der Waals surface area contributed by atoms with E-state index in [1.807, 2.05) is 0 Å². The molecule has 0 unspecified atom stereocenters. The lowest BCUT2D eigenvalue weighted by atomic mass is 9.98. The zero-order chi connectivity index (χ0) is 34.4. The molecule has 0 radical (unpaired) electrons. The van der Waals surface area contributed by atoms with Crippen molar-refractivity contribution in [2.24, 2.45) is 0 Å². The maximum atomic E-state index is 14.3. The molecule has 7 rings (SSSR count). The summed E-state index contributed by atoms with van der Waals surface area (Å²) in [6.45, 7) is 10.0. The van der Waals surface area contributed by atoms with Crippen molar-refractivity contribution in [2.45, 2.75) is 52.7 Å². The molecule has 0 spiro atoms. The second-order valence-corrected chi connectivity index (χ2v) is 13.8. The van der Waals surface area contributed by atoms with Gasteiger partial charge in [0.05, 0.1) is 32.8 Å². The second-order valence-electron chi connectivity index (χ2n) is 13.8. The number of nitrogens with zero attached hydrogens (tertiary/aromatic N) is 2. The number of ether oxygens (including phenoxy) is 2. The molecule has 1 heterocycles. The third-order valence-electron chi connectivity index (χ3n) is 8.17. The Morgan fingerprint density at radius 2 is 0.771 bits per heavy atom. The van der Waals surface area contributed by atoms with E-state index >= 15 is 0 Å². The summed E-state index contributed by atoms with van der Waals surface area (Å²) in [6, 6.07) is 18.4. The van der Waals surface area contributed by atoms with Gasteiger partial charge >= 0.3 is 12.2 Å². The molecule has 10 heteroatoms. The quantitative estimate of drug-likeness (QED) is 0.133. The number of hydrogen-bond acceptors (Lipinski definition) is 8. The van der Waals surface area contributed by atoms with Crippen LogP contribution in [0.3, 0.4) is 0 Å². The molecule has 1 aromatic heterocycles. The predicted octanol–water partition coefficient (Wildman–Crippen LogP) is 6.65. The number of carbonyl (C=O) groups is 2. The number of rotatable bonds is 0. The third kappa shape index (κ3) is 4.55. The first-order valence-electron chi connectivity index (χ1n) is 15.4. The summed E-state index contributed by atoms with van der Waals surface area (Å²) in [5, 5.41) is 0.480. The number of carbonyl (C=O) groups excluding carboxylic acids is 2. The van der Waals surface area contributed by atoms with Gasteiger partial charge < -0.3 is 9.47 Å². The molecule has 6 aromatic carbocycles. The summed E-state index contributed by atoms with van der Waals surface area (Å²) in [5.74, 6) is 0. The molecule has 0 saturated carbocycles. The van der Waals surface area contributed by atoms with Gasteiger partial charge in [0.15, 0.2) is 21.7 Å². The number of aromatic nitrogens is 2. The van der Waals surface area contributed by atoms with E-state index in [1.165, 1.54) is 36.4 Å². The van der Waals surface area contributed by atoms with Crippen molar-refractivity contribution in [1.29, 1.82) is 0 Å². The van der Waals surface area contributed by atoms with Crippen LogP contribution in [0, 0.1) is 0 Å². The maximum Gasteiger partial charge on any atom is 0.419 e. The molecule has 0 bridgehead atoms. The molecule has 0 aliphatic heterocycles. The summed E-state index contributed by atoms with van der Waals surface area (Å²) in [4.78, 5) is 84.8. The fourth-order valence-electron chi connectivity index (χ4n) is 6.37. The van der Waals surface area contributed by atoms with Crippen LogP contribution >= 0.6 is 0 Å². The first kappa shape index (κ1) is 30.7. The first-order chi connectivity index (χ1) is 22.6. The highest BCUT2D eigenvalue weighted by Crippen LogP contribution is 2.33. The van der Waals surface area contributed by atoms with Crippen LogP contribution in [0.25, 0.3) is 65.2 Å². The minimum absolute atomic E-state index is 0.0191. The minimum atomic E-state index is -1.01. The van der Waals surface area contributed by atoms with E-state index in [-0.39, 0.29) is 65.2 Å². The Bertz CT molecular complexity index is 2620. The highest BCUT2D eigenvalue weighted by atomic mass is 16.6. The lowest BCUT2D eigenvalue weighted by molar-refractivity contribution is 0.0529. The molecule has 0 aliphatic rings. The van der Waals surface area contributed by atoms with Crippen molar-refractivity contribution in [2.75, 3.05) is 0 Å². The molecule has 0 fully saturated rings. The summed E-state index contributed by atoms with van der Waals surface area (Å²) >= 11 is 0. The normalized spacial score (nSPS) is 12.5. The topological polar surface area (TPSA) is 131 Å². The Labute approximate surface area is 271 Å². The molecule has 7 aromatic rings. The van der Waals surface area contributed by atoms with Gasteiger partial charge in [-0.15, -0.1) is 0 Å². The lowest BCUT2D eigenvalue weighted by Gasteiger charge is -2.26. The molecule has 48 heavy (non-hydrogen) atoms. The van der Waals surface area contributed by atoms with Gasteiger partial charge in [-0.05, 0) is 65.8 Å². The Hall–Kier alpha value is -5.90.